The molecule has 1 saturated heterocycles. The summed E-state index contributed by atoms with van der Waals surface area (Å²) in [6, 6.07) is 10.2. The smallest absolute Gasteiger partial charge is 0.194 e. The minimum absolute atomic E-state index is 0.570. The summed E-state index contributed by atoms with van der Waals surface area (Å²) in [5, 5.41) is 4.48. The van der Waals surface area contributed by atoms with Gasteiger partial charge in [0.15, 0.2) is 5.96 Å². The van der Waals surface area contributed by atoms with Crippen LogP contribution in [0, 0.1) is 5.92 Å². The molecule has 2 heterocycles. The Morgan fingerprint density at radius 2 is 2.26 bits per heavy atom. The van der Waals surface area contributed by atoms with Gasteiger partial charge in [-0.25, -0.2) is 0 Å². The van der Waals surface area contributed by atoms with Crippen molar-refractivity contribution in [2.75, 3.05) is 46.6 Å². The summed E-state index contributed by atoms with van der Waals surface area (Å²) in [4.78, 5) is 6.81. The summed E-state index contributed by atoms with van der Waals surface area (Å²) in [6.07, 6.45) is 2.04. The Labute approximate surface area is 161 Å². The van der Waals surface area contributed by atoms with Crippen molar-refractivity contribution in [3.8, 4) is 0 Å². The van der Waals surface area contributed by atoms with Crippen molar-refractivity contribution in [3.05, 3.63) is 36.1 Å². The van der Waals surface area contributed by atoms with Gasteiger partial charge < -0.3 is 24.1 Å². The van der Waals surface area contributed by atoms with Gasteiger partial charge in [0.2, 0.25) is 0 Å². The molecule has 0 saturated carbocycles. The molecular weight excluding hydrogens is 342 g/mol. The number of ether oxygens (including phenoxy) is 2. The number of fused-ring (bicyclic) bond motifs is 1. The highest BCUT2D eigenvalue weighted by Gasteiger charge is 2.15. The van der Waals surface area contributed by atoms with Crippen LogP contribution in [0.5, 0.6) is 0 Å². The van der Waals surface area contributed by atoms with Gasteiger partial charge in [-0.2, -0.15) is 0 Å². The average molecular weight is 373 g/mol. The fourth-order valence-corrected chi connectivity index (χ4v) is 3.21. The summed E-state index contributed by atoms with van der Waals surface area (Å²) in [6.45, 7) is 7.60. The zero-order valence-corrected chi connectivity index (χ0v) is 16.4. The molecule has 1 aromatic carbocycles. The van der Waals surface area contributed by atoms with Crippen molar-refractivity contribution in [2.45, 2.75) is 26.3 Å². The maximum atomic E-state index is 5.92. The lowest BCUT2D eigenvalue weighted by molar-refractivity contribution is 0.0893. The van der Waals surface area contributed by atoms with Crippen LogP contribution in [0.4, 0.5) is 0 Å². The quantitative estimate of drug-likeness (QED) is 0.415. The molecule has 1 unspecified atom stereocenters. The Morgan fingerprint density at radius 3 is 3.04 bits per heavy atom. The van der Waals surface area contributed by atoms with E-state index < -0.39 is 0 Å². The van der Waals surface area contributed by atoms with E-state index in [-0.39, 0.29) is 0 Å². The van der Waals surface area contributed by atoms with Gasteiger partial charge in [0.25, 0.3) is 0 Å². The summed E-state index contributed by atoms with van der Waals surface area (Å²) in [7, 11) is 2.03. The predicted octanol–water partition coefficient (Wildman–Crippen LogP) is 3.27. The molecule has 3 rings (SSSR count). The molecule has 0 aliphatic carbocycles. The molecule has 1 aromatic heterocycles. The lowest BCUT2D eigenvalue weighted by atomic mass is 10.1. The van der Waals surface area contributed by atoms with E-state index in [1.54, 1.807) is 0 Å². The fraction of sp³-hybridized carbons (Fsp3) is 0.571. The summed E-state index contributed by atoms with van der Waals surface area (Å²) < 4.78 is 17.0. The van der Waals surface area contributed by atoms with Gasteiger partial charge in [0.05, 0.1) is 19.8 Å². The topological polar surface area (TPSA) is 59.2 Å². The lowest BCUT2D eigenvalue weighted by Gasteiger charge is -2.21. The molecule has 0 spiro atoms. The van der Waals surface area contributed by atoms with Crippen LogP contribution in [0.25, 0.3) is 11.0 Å². The van der Waals surface area contributed by atoms with Gasteiger partial charge in [-0.05, 0) is 31.9 Å². The van der Waals surface area contributed by atoms with Crippen LogP contribution in [-0.2, 0) is 16.0 Å². The number of benzene rings is 1. The largest absolute Gasteiger partial charge is 0.459 e. The first-order valence-corrected chi connectivity index (χ1v) is 9.88. The van der Waals surface area contributed by atoms with Gasteiger partial charge in [0, 0.05) is 44.7 Å². The van der Waals surface area contributed by atoms with Crippen LogP contribution in [0.3, 0.4) is 0 Å². The van der Waals surface area contributed by atoms with Crippen LogP contribution >= 0.6 is 0 Å². The standard InChI is InChI=1S/C21H31N3O3/c1-3-22-21(23-10-6-11-25-15-17-9-12-26-16-17)24(2)14-19-13-18-7-4-5-8-20(18)27-19/h4-5,7-8,13,17H,3,6,9-12,14-16H2,1-2H3,(H,22,23). The molecule has 1 aliphatic rings. The first-order valence-electron chi connectivity index (χ1n) is 9.88. The third kappa shape index (κ3) is 5.97. The first-order chi connectivity index (χ1) is 13.3. The minimum atomic E-state index is 0.570. The number of furan rings is 1. The molecule has 0 radical (unpaired) electrons. The maximum Gasteiger partial charge on any atom is 0.194 e. The Hall–Kier alpha value is -2.05. The third-order valence-electron chi connectivity index (χ3n) is 4.65. The second kappa shape index (κ2) is 10.3. The van der Waals surface area contributed by atoms with Crippen LogP contribution in [-0.4, -0.2) is 57.4 Å². The van der Waals surface area contributed by atoms with Gasteiger partial charge in [-0.3, -0.25) is 4.99 Å². The highest BCUT2D eigenvalue weighted by atomic mass is 16.5. The Balaban J connectivity index is 1.45. The van der Waals surface area contributed by atoms with Gasteiger partial charge in [-0.1, -0.05) is 18.2 Å². The minimum Gasteiger partial charge on any atom is -0.459 e. The van der Waals surface area contributed by atoms with Crippen molar-refractivity contribution < 1.29 is 13.9 Å². The fourth-order valence-electron chi connectivity index (χ4n) is 3.21. The van der Waals surface area contributed by atoms with E-state index in [1.165, 1.54) is 0 Å². The third-order valence-corrected chi connectivity index (χ3v) is 4.65. The van der Waals surface area contributed by atoms with Crippen LogP contribution in [0.15, 0.2) is 39.7 Å². The monoisotopic (exact) mass is 373 g/mol. The second-order valence-corrected chi connectivity index (χ2v) is 7.00. The normalized spacial score (nSPS) is 17.6. The number of nitrogens with one attached hydrogen (secondary N) is 1. The molecule has 1 atom stereocenters. The van der Waals surface area contributed by atoms with E-state index in [0.717, 1.165) is 75.0 Å². The molecule has 1 fully saturated rings. The molecule has 2 aromatic rings. The van der Waals surface area contributed by atoms with Crippen LogP contribution < -0.4 is 5.32 Å². The van der Waals surface area contributed by atoms with E-state index in [2.05, 4.69) is 29.3 Å². The first kappa shape index (κ1) is 19.7. The van der Waals surface area contributed by atoms with E-state index in [4.69, 9.17) is 18.9 Å². The molecule has 0 bridgehead atoms. The molecule has 27 heavy (non-hydrogen) atoms. The Morgan fingerprint density at radius 1 is 1.37 bits per heavy atom. The summed E-state index contributed by atoms with van der Waals surface area (Å²) in [5.41, 5.74) is 0.924. The zero-order chi connectivity index (χ0) is 18.9. The number of nitrogens with zero attached hydrogens (tertiary/aromatic N) is 2. The zero-order valence-electron chi connectivity index (χ0n) is 16.4. The van der Waals surface area contributed by atoms with Crippen molar-refractivity contribution in [3.63, 3.8) is 0 Å². The molecule has 1 aliphatic heterocycles. The van der Waals surface area contributed by atoms with Crippen LogP contribution in [0.2, 0.25) is 0 Å². The van der Waals surface area contributed by atoms with Crippen molar-refractivity contribution >= 4 is 16.9 Å². The van der Waals surface area contributed by atoms with Crippen molar-refractivity contribution in [2.24, 2.45) is 10.9 Å². The lowest BCUT2D eigenvalue weighted by Crippen LogP contribution is -2.38. The number of rotatable bonds is 9. The number of para-hydroxylation sites is 1. The molecule has 6 nitrogen and oxygen atoms in total. The highest BCUT2D eigenvalue weighted by Crippen LogP contribution is 2.19. The highest BCUT2D eigenvalue weighted by molar-refractivity contribution is 5.80. The van der Waals surface area contributed by atoms with Crippen molar-refractivity contribution in [1.82, 2.24) is 10.2 Å². The number of hydrogen-bond donors (Lipinski definition) is 1. The Bertz CT molecular complexity index is 689. The Kier molecular flexibility index (Phi) is 7.54. The average Bonchev–Trinajstić information content (AvgIpc) is 3.32. The van der Waals surface area contributed by atoms with E-state index in [0.29, 0.717) is 12.5 Å². The molecular formula is C21H31N3O3. The maximum absolute atomic E-state index is 5.92. The molecule has 1 N–H and O–H groups in total. The summed E-state index contributed by atoms with van der Waals surface area (Å²) >= 11 is 0. The van der Waals surface area contributed by atoms with Gasteiger partial charge in [-0.15, -0.1) is 0 Å². The molecule has 148 valence electrons. The van der Waals surface area contributed by atoms with E-state index in [9.17, 15) is 0 Å². The number of aliphatic imine (C=N–C) groups is 1. The molecule has 6 heteroatoms. The van der Waals surface area contributed by atoms with E-state index in [1.807, 2.05) is 25.2 Å². The number of guanidine groups is 1. The molecule has 0 amide bonds. The van der Waals surface area contributed by atoms with E-state index >= 15 is 0 Å². The number of hydrogen-bond acceptors (Lipinski definition) is 4. The van der Waals surface area contributed by atoms with Gasteiger partial charge in [0.1, 0.15) is 11.3 Å². The predicted molar refractivity (Wildman–Crippen MR) is 108 cm³/mol. The SMILES string of the molecule is CCNC(=NCCCOCC1CCOC1)N(C)Cc1cc2ccccc2o1. The van der Waals surface area contributed by atoms with Crippen LogP contribution in [0.1, 0.15) is 25.5 Å². The van der Waals surface area contributed by atoms with Gasteiger partial charge >= 0.3 is 0 Å². The van der Waals surface area contributed by atoms with Crippen molar-refractivity contribution in [1.29, 1.82) is 0 Å². The summed E-state index contributed by atoms with van der Waals surface area (Å²) in [5.74, 6) is 2.40. The second-order valence-electron chi connectivity index (χ2n) is 7.00.